The summed E-state index contributed by atoms with van der Waals surface area (Å²) in [5.41, 5.74) is 2.73. The van der Waals surface area contributed by atoms with Crippen molar-refractivity contribution in [2.24, 2.45) is 0 Å². The average molecular weight is 408 g/mol. The molecule has 1 amide bonds. The van der Waals surface area contributed by atoms with Crippen molar-refractivity contribution < 1.29 is 9.32 Å². The highest BCUT2D eigenvalue weighted by molar-refractivity contribution is 5.96. The molecule has 1 aliphatic heterocycles. The lowest BCUT2D eigenvalue weighted by atomic mass is 10.1. The Balaban J connectivity index is 1.35. The number of piperazine rings is 1. The second-order valence-electron chi connectivity index (χ2n) is 7.35. The molecule has 0 aliphatic carbocycles. The highest BCUT2D eigenvalue weighted by Gasteiger charge is 2.26. The molecule has 4 heterocycles. The topological polar surface area (TPSA) is 97.4 Å². The molecule has 9 nitrogen and oxygen atoms in total. The van der Waals surface area contributed by atoms with Crippen LogP contribution in [0.5, 0.6) is 0 Å². The quantitative estimate of drug-likeness (QED) is 0.629. The zero-order chi connectivity index (χ0) is 21.1. The first kappa shape index (κ1) is 20.0. The van der Waals surface area contributed by atoms with E-state index in [1.807, 2.05) is 17.0 Å². The summed E-state index contributed by atoms with van der Waals surface area (Å²) in [5.74, 6) is 0.522. The summed E-state index contributed by atoms with van der Waals surface area (Å²) in [6, 6.07) is 7.01. The molecule has 156 valence electrons. The zero-order valence-corrected chi connectivity index (χ0v) is 17.1. The van der Waals surface area contributed by atoms with Crippen LogP contribution in [0, 0.1) is 13.8 Å². The van der Waals surface area contributed by atoms with Gasteiger partial charge in [-0.15, -0.1) is 0 Å². The Hall–Kier alpha value is -3.33. The van der Waals surface area contributed by atoms with Crippen LogP contribution in [-0.4, -0.2) is 68.4 Å². The van der Waals surface area contributed by atoms with Crippen molar-refractivity contribution in [2.45, 2.75) is 20.4 Å². The first-order valence-corrected chi connectivity index (χ1v) is 9.96. The summed E-state index contributed by atoms with van der Waals surface area (Å²) in [5, 5.41) is 8.36. The smallest absolute Gasteiger partial charge is 0.266 e. The average Bonchev–Trinajstić information content (AvgIpc) is 3.11. The van der Waals surface area contributed by atoms with Crippen molar-refractivity contribution in [3.63, 3.8) is 0 Å². The Bertz CT molecular complexity index is 1060. The van der Waals surface area contributed by atoms with E-state index >= 15 is 0 Å². The molecule has 0 aromatic carbocycles. The van der Waals surface area contributed by atoms with Gasteiger partial charge in [-0.3, -0.25) is 19.5 Å². The summed E-state index contributed by atoms with van der Waals surface area (Å²) in [6.07, 6.45) is 3.41. The summed E-state index contributed by atoms with van der Waals surface area (Å²) in [4.78, 5) is 33.1. The predicted octanol–water partition coefficient (Wildman–Crippen LogP) is 1.37. The van der Waals surface area contributed by atoms with E-state index in [2.05, 4.69) is 20.1 Å². The van der Waals surface area contributed by atoms with Crippen LogP contribution in [0.25, 0.3) is 11.3 Å². The number of hydrogen-bond donors (Lipinski definition) is 0. The van der Waals surface area contributed by atoms with Crippen molar-refractivity contribution in [1.29, 1.82) is 0 Å². The molecule has 0 spiro atoms. The van der Waals surface area contributed by atoms with Crippen LogP contribution >= 0.6 is 0 Å². The Morgan fingerprint density at radius 2 is 1.77 bits per heavy atom. The van der Waals surface area contributed by atoms with Gasteiger partial charge in [0.15, 0.2) is 0 Å². The van der Waals surface area contributed by atoms with Crippen molar-refractivity contribution in [1.82, 2.24) is 29.7 Å². The number of amides is 1. The minimum absolute atomic E-state index is 0.0335. The maximum Gasteiger partial charge on any atom is 0.266 e. The number of aromatic nitrogens is 4. The van der Waals surface area contributed by atoms with E-state index in [0.717, 1.165) is 24.3 Å². The fourth-order valence-electron chi connectivity index (χ4n) is 3.64. The van der Waals surface area contributed by atoms with Gasteiger partial charge in [0.05, 0.1) is 17.9 Å². The van der Waals surface area contributed by atoms with E-state index in [-0.39, 0.29) is 11.5 Å². The number of rotatable bonds is 5. The van der Waals surface area contributed by atoms with Gasteiger partial charge in [0.1, 0.15) is 11.3 Å². The molecule has 0 atom stereocenters. The van der Waals surface area contributed by atoms with Gasteiger partial charge in [0, 0.05) is 56.7 Å². The maximum atomic E-state index is 12.8. The van der Waals surface area contributed by atoms with Crippen molar-refractivity contribution in [2.75, 3.05) is 32.7 Å². The van der Waals surface area contributed by atoms with E-state index in [1.54, 1.807) is 38.4 Å². The Morgan fingerprint density at radius 1 is 1.03 bits per heavy atom. The van der Waals surface area contributed by atoms with Gasteiger partial charge >= 0.3 is 0 Å². The fraction of sp³-hybridized carbons (Fsp3) is 0.381. The van der Waals surface area contributed by atoms with E-state index in [4.69, 9.17) is 4.52 Å². The zero-order valence-electron chi connectivity index (χ0n) is 17.1. The second-order valence-corrected chi connectivity index (χ2v) is 7.35. The lowest BCUT2D eigenvalue weighted by Gasteiger charge is -2.34. The first-order valence-electron chi connectivity index (χ1n) is 9.96. The predicted molar refractivity (Wildman–Crippen MR) is 110 cm³/mol. The molecule has 0 N–H and O–H groups in total. The van der Waals surface area contributed by atoms with Crippen LogP contribution in [0.15, 0.2) is 46.0 Å². The van der Waals surface area contributed by atoms with E-state index < -0.39 is 0 Å². The largest absolute Gasteiger partial charge is 0.361 e. The number of nitrogens with zero attached hydrogens (tertiary/aromatic N) is 6. The standard InChI is InChI=1S/C21H24N6O3/c1-15-20(16(2)30-24-15)21(29)26-12-9-25(10-13-26)11-14-27-19(28)4-3-18(23-27)17-5-7-22-8-6-17/h3-8H,9-14H2,1-2H3. The van der Waals surface area contributed by atoms with Crippen molar-refractivity contribution in [3.05, 3.63) is 64.0 Å². The second kappa shape index (κ2) is 8.58. The molecule has 1 aliphatic rings. The highest BCUT2D eigenvalue weighted by Crippen LogP contribution is 2.17. The van der Waals surface area contributed by atoms with Crippen LogP contribution in [-0.2, 0) is 6.54 Å². The highest BCUT2D eigenvalue weighted by atomic mass is 16.5. The van der Waals surface area contributed by atoms with Crippen molar-refractivity contribution in [3.8, 4) is 11.3 Å². The lowest BCUT2D eigenvalue weighted by molar-refractivity contribution is 0.0629. The van der Waals surface area contributed by atoms with Crippen LogP contribution < -0.4 is 5.56 Å². The lowest BCUT2D eigenvalue weighted by Crippen LogP contribution is -2.49. The van der Waals surface area contributed by atoms with Gasteiger partial charge in [-0.1, -0.05) is 5.16 Å². The molecule has 0 bridgehead atoms. The van der Waals surface area contributed by atoms with Gasteiger partial charge in [-0.25, -0.2) is 4.68 Å². The molecule has 1 fully saturated rings. The van der Waals surface area contributed by atoms with Crippen molar-refractivity contribution >= 4 is 5.91 Å². The summed E-state index contributed by atoms with van der Waals surface area (Å²) < 4.78 is 6.62. The molecule has 0 radical (unpaired) electrons. The van der Waals surface area contributed by atoms with Gasteiger partial charge < -0.3 is 9.42 Å². The molecule has 0 saturated carbocycles. The van der Waals surface area contributed by atoms with E-state index in [9.17, 15) is 9.59 Å². The molecule has 1 saturated heterocycles. The molecular weight excluding hydrogens is 384 g/mol. The first-order chi connectivity index (χ1) is 14.5. The van der Waals surface area contributed by atoms with Gasteiger partial charge in [0.2, 0.25) is 0 Å². The monoisotopic (exact) mass is 408 g/mol. The molecule has 9 heteroatoms. The minimum Gasteiger partial charge on any atom is -0.361 e. The van der Waals surface area contributed by atoms with Crippen LogP contribution in [0.1, 0.15) is 21.8 Å². The maximum absolute atomic E-state index is 12.8. The van der Waals surface area contributed by atoms with E-state index in [1.165, 1.54) is 4.68 Å². The Kier molecular flexibility index (Phi) is 5.71. The number of hydrogen-bond acceptors (Lipinski definition) is 7. The summed E-state index contributed by atoms with van der Waals surface area (Å²) in [7, 11) is 0. The number of carbonyl (C=O) groups is 1. The van der Waals surface area contributed by atoms with Gasteiger partial charge in [0.25, 0.3) is 11.5 Å². The molecule has 3 aromatic heterocycles. The number of pyridine rings is 1. The van der Waals surface area contributed by atoms with Crippen LogP contribution in [0.2, 0.25) is 0 Å². The minimum atomic E-state index is -0.125. The molecule has 4 rings (SSSR count). The summed E-state index contributed by atoms with van der Waals surface area (Å²) >= 11 is 0. The normalized spacial score (nSPS) is 14.8. The number of aryl methyl sites for hydroxylation is 2. The molecule has 30 heavy (non-hydrogen) atoms. The Morgan fingerprint density at radius 3 is 2.43 bits per heavy atom. The Labute approximate surface area is 173 Å². The fourth-order valence-corrected chi connectivity index (χ4v) is 3.64. The third-order valence-corrected chi connectivity index (χ3v) is 5.38. The van der Waals surface area contributed by atoms with Crippen LogP contribution in [0.4, 0.5) is 0 Å². The number of carbonyl (C=O) groups excluding carboxylic acids is 1. The van der Waals surface area contributed by atoms with Gasteiger partial charge in [-0.2, -0.15) is 5.10 Å². The molecular formula is C21H24N6O3. The third-order valence-electron chi connectivity index (χ3n) is 5.38. The molecule has 3 aromatic rings. The summed E-state index contributed by atoms with van der Waals surface area (Å²) in [6.45, 7) is 7.47. The van der Waals surface area contributed by atoms with E-state index in [0.29, 0.717) is 43.2 Å². The van der Waals surface area contributed by atoms with Gasteiger partial charge in [-0.05, 0) is 32.0 Å². The SMILES string of the molecule is Cc1noc(C)c1C(=O)N1CCN(CCn2nc(-c3ccncc3)ccc2=O)CC1. The van der Waals surface area contributed by atoms with Crippen LogP contribution in [0.3, 0.4) is 0 Å². The third kappa shape index (κ3) is 4.16. The molecule has 0 unspecified atom stereocenters.